The number of H-pyrrole nitrogens is 1. The molecule has 147 heavy (non-hydrogen) atoms. The van der Waals surface area contributed by atoms with E-state index in [0.29, 0.717) is 16.5 Å². The highest BCUT2D eigenvalue weighted by Gasteiger charge is 2.43. The lowest BCUT2D eigenvalue weighted by molar-refractivity contribution is -0.142. The summed E-state index contributed by atoms with van der Waals surface area (Å²) in [5, 5.41) is 99.2. The molecule has 2 aliphatic heterocycles. The summed E-state index contributed by atoms with van der Waals surface area (Å²) in [5.74, 6) is -26.0. The number of amides is 21. The summed E-state index contributed by atoms with van der Waals surface area (Å²) < 4.78 is 0. The van der Waals surface area contributed by atoms with Crippen LogP contribution in [0.25, 0.3) is 10.9 Å². The number of rotatable bonds is 29. The van der Waals surface area contributed by atoms with Crippen LogP contribution in [0.5, 0.6) is 0 Å². The molecule has 2 aromatic rings. The third-order valence-electron chi connectivity index (χ3n) is 24.1. The monoisotopic (exact) mass is 2080 g/mol. The van der Waals surface area contributed by atoms with Gasteiger partial charge in [0.2, 0.25) is 124 Å². The molecule has 2 fully saturated rings. The van der Waals surface area contributed by atoms with Crippen molar-refractivity contribution in [2.24, 2.45) is 35.0 Å². The average Bonchev–Trinajstić information content (AvgIpc) is 1.69. The van der Waals surface area contributed by atoms with Gasteiger partial charge in [-0.25, -0.2) is 0 Å². The Morgan fingerprint density at radius 1 is 0.483 bits per heavy atom. The minimum atomic E-state index is -1.88. The number of guanidine groups is 2. The van der Waals surface area contributed by atoms with Crippen LogP contribution in [0.4, 0.5) is 0 Å². The second-order valence-corrected chi connectivity index (χ2v) is 37.6. The number of nitrogens with two attached hydrogens (primary N) is 3. The minimum Gasteiger partial charge on any atom is -0.481 e. The van der Waals surface area contributed by atoms with E-state index in [0.717, 1.165) is 25.7 Å². The van der Waals surface area contributed by atoms with Gasteiger partial charge in [-0.2, -0.15) is 0 Å². The Morgan fingerprint density at radius 2 is 0.939 bits per heavy atom. The molecule has 0 saturated carbocycles. The van der Waals surface area contributed by atoms with Crippen molar-refractivity contribution in [1.82, 2.24) is 122 Å². The molecule has 33 N–H and O–H groups in total. The number of nitrogens with one attached hydrogen (secondary N) is 24. The molecule has 54 heteroatoms. The van der Waals surface area contributed by atoms with Crippen molar-refractivity contribution in [2.75, 3.05) is 32.7 Å². The summed E-state index contributed by atoms with van der Waals surface area (Å²) in [6.45, 7) is 18.3. The van der Waals surface area contributed by atoms with Gasteiger partial charge in [-0.3, -0.25) is 121 Å². The number of fused-ring (bicyclic) bond motifs is 2. The van der Waals surface area contributed by atoms with Gasteiger partial charge in [0.1, 0.15) is 109 Å². The lowest BCUT2D eigenvalue weighted by Gasteiger charge is -2.30. The zero-order valence-corrected chi connectivity index (χ0v) is 85.5. The van der Waals surface area contributed by atoms with Gasteiger partial charge in [0.05, 0.1) is 12.6 Å². The van der Waals surface area contributed by atoms with Gasteiger partial charge in [-0.15, -0.1) is 0 Å². The molecule has 0 bridgehead atoms. The second-order valence-electron chi connectivity index (χ2n) is 37.6. The van der Waals surface area contributed by atoms with Gasteiger partial charge >= 0.3 is 11.9 Å². The Morgan fingerprint density at radius 3 is 1.48 bits per heavy atom. The van der Waals surface area contributed by atoms with Crippen LogP contribution in [0.15, 0.2) is 30.5 Å². The lowest BCUT2D eigenvalue weighted by atomic mass is 9.97. The fraction of sp³-hybridized carbons (Fsp3) is 0.645. The van der Waals surface area contributed by atoms with Gasteiger partial charge in [-0.1, -0.05) is 66.2 Å². The van der Waals surface area contributed by atoms with Crippen LogP contribution in [0.3, 0.4) is 0 Å². The topological polar surface area (TPSA) is 851 Å². The van der Waals surface area contributed by atoms with Crippen LogP contribution in [0.1, 0.15) is 218 Å². The van der Waals surface area contributed by atoms with Crippen LogP contribution in [-0.4, -0.2) is 321 Å². The third kappa shape index (κ3) is 43.9. The van der Waals surface area contributed by atoms with E-state index in [-0.39, 0.29) is 116 Å². The van der Waals surface area contributed by atoms with E-state index in [2.05, 4.69) is 117 Å². The highest BCUT2D eigenvalue weighted by molar-refractivity contribution is 6.03. The number of para-hydroxylation sites is 1. The third-order valence-corrected chi connectivity index (χ3v) is 24.1. The summed E-state index contributed by atoms with van der Waals surface area (Å²) in [7, 11) is 0. The van der Waals surface area contributed by atoms with Crippen molar-refractivity contribution in [3.8, 4) is 0 Å². The standard InChI is InChI=1S/C93H150N28O26/c1-15-46(6)72-89(144)115-61(31-34-71(127)128)79(134)103-43-70(126)121-38-22-28-67(121)88(143)120-73(53(13)122)90(145)118-65(40-45(4)5)86(141)113-60(27-21-37-101-93(97)98)83(138)114-62(29-32-68(94)124)84(139)117-66(41-55-42-102-57-24-17-16-23-56(55)57)87(142)116-64(39-44(2)3)85(140)108-48(8)74(129)105-49(9)76(131)111-59(26-20-36-100-92(95)96)80(135)106-50(10)77(132)110-58(81(136)109-52(12)91(146)147)25-18-19-35-99-69(125)33-30-63(82(137)107-51(11)78(133)119-72)112-75(130)47(7)104-54(14)123/h16-17,23-24,42,44-53,58-67,72-73,102,122H,15,18-22,25-41,43H2,1-14H3,(H2,94,124)(H,99,125)(H,103,134)(H,104,123)(H,105,129)(H,106,135)(H,107,137)(H,108,140)(H,109,136)(H,110,132)(H,111,131)(H,112,130)(H,113,141)(H,114,138)(H,115,144)(H,116,142)(H,117,139)(H,118,145)(H,119,133)(H,120,143)(H,127,128)(H,146,147)(H4,95,96,100)(H4,97,98,101)/t46?,47-,48-,49?,50?,51-,52?,53+,58+,59-,60-,61-,62-,63?,64?,65-,66-,67-,72-,73?/m0/s1. The fourth-order valence-corrected chi connectivity index (χ4v) is 15.6. The van der Waals surface area contributed by atoms with Gasteiger partial charge < -0.3 is 154 Å². The summed E-state index contributed by atoms with van der Waals surface area (Å²) in [4.78, 5) is 325. The number of carbonyl (C=O) groups is 23. The molecular formula is C93H150N28O26. The molecule has 1 aromatic carbocycles. The molecule has 2 aliphatic rings. The van der Waals surface area contributed by atoms with Gasteiger partial charge in [0.25, 0.3) is 0 Å². The number of hydrogen-bond donors (Lipinski definition) is 30. The van der Waals surface area contributed by atoms with Crippen molar-refractivity contribution in [1.29, 1.82) is 10.8 Å². The number of aliphatic hydroxyl groups excluding tert-OH is 1. The molecule has 7 unspecified atom stereocenters. The normalized spacial score (nSPS) is 25.2. The van der Waals surface area contributed by atoms with E-state index in [9.17, 15) is 116 Å². The first-order chi connectivity index (χ1) is 69.0. The summed E-state index contributed by atoms with van der Waals surface area (Å²) in [6, 6.07) is -21.3. The van der Waals surface area contributed by atoms with E-state index in [4.69, 9.17) is 28.0 Å². The Kier molecular flexibility index (Phi) is 52.5. The average molecular weight is 2080 g/mol. The van der Waals surface area contributed by atoms with Crippen LogP contribution < -0.4 is 129 Å². The molecular weight excluding hydrogens is 1930 g/mol. The van der Waals surface area contributed by atoms with E-state index >= 15 is 9.59 Å². The molecule has 20 atom stereocenters. The van der Waals surface area contributed by atoms with E-state index in [1.54, 1.807) is 65.1 Å². The molecule has 4 rings (SSSR count). The van der Waals surface area contributed by atoms with Crippen molar-refractivity contribution < 1.29 is 126 Å². The number of aromatic nitrogens is 1. The Labute approximate surface area is 850 Å². The summed E-state index contributed by atoms with van der Waals surface area (Å²) >= 11 is 0. The molecule has 21 amide bonds. The largest absolute Gasteiger partial charge is 0.481 e. The zero-order valence-electron chi connectivity index (χ0n) is 85.5. The maximum absolute atomic E-state index is 15.1. The van der Waals surface area contributed by atoms with E-state index in [1.165, 1.54) is 41.5 Å². The van der Waals surface area contributed by atoms with E-state index < -0.39 is 320 Å². The molecule has 0 spiro atoms. The second kappa shape index (κ2) is 62.0. The molecule has 2 saturated heterocycles. The summed E-state index contributed by atoms with van der Waals surface area (Å²) in [6.07, 6.45) is -4.54. The minimum absolute atomic E-state index is 0.0169. The molecule has 818 valence electrons. The molecule has 3 heterocycles. The number of hydrogen-bond acceptors (Lipinski definition) is 26. The number of carbonyl (C=O) groups excluding carboxylic acids is 21. The number of aliphatic carboxylic acids is 2. The van der Waals surface area contributed by atoms with Crippen molar-refractivity contribution >= 4 is 159 Å². The van der Waals surface area contributed by atoms with Crippen molar-refractivity contribution in [2.45, 2.75) is 334 Å². The lowest BCUT2D eigenvalue weighted by Crippen LogP contribution is -2.61. The van der Waals surface area contributed by atoms with Gasteiger partial charge in [0.15, 0.2) is 11.9 Å². The van der Waals surface area contributed by atoms with Crippen LogP contribution in [-0.2, 0) is 117 Å². The van der Waals surface area contributed by atoms with Crippen LogP contribution in [0.2, 0.25) is 0 Å². The smallest absolute Gasteiger partial charge is 0.325 e. The highest BCUT2D eigenvalue weighted by Crippen LogP contribution is 2.23. The predicted molar refractivity (Wildman–Crippen MR) is 530 cm³/mol. The number of nitrogens with zero attached hydrogens (tertiary/aromatic N) is 1. The Bertz CT molecular complexity index is 4990. The summed E-state index contributed by atoms with van der Waals surface area (Å²) in [5.41, 5.74) is 17.8. The van der Waals surface area contributed by atoms with Gasteiger partial charge in [0, 0.05) is 75.9 Å². The van der Waals surface area contributed by atoms with Crippen LogP contribution >= 0.6 is 0 Å². The highest BCUT2D eigenvalue weighted by atomic mass is 16.4. The molecule has 1 aromatic heterocycles. The Hall–Kier alpha value is -14.9. The zero-order chi connectivity index (χ0) is 111. The number of carboxylic acid groups (broad SMARTS) is 2. The fourth-order valence-electron chi connectivity index (χ4n) is 15.6. The first-order valence-corrected chi connectivity index (χ1v) is 49.1. The van der Waals surface area contributed by atoms with E-state index in [1.807, 2.05) is 0 Å². The Balaban J connectivity index is 1.84. The number of carboxylic acids is 2. The first kappa shape index (κ1) is 124. The maximum atomic E-state index is 15.1. The first-order valence-electron chi connectivity index (χ1n) is 49.1. The van der Waals surface area contributed by atoms with Gasteiger partial charge in [-0.05, 0) is 168 Å². The van der Waals surface area contributed by atoms with Crippen molar-refractivity contribution in [3.05, 3.63) is 36.0 Å². The SMILES string of the molecule is CCC(C)[C@@H]1NC(=O)[C@H](C)NC(=O)C(NC(=O)[C@H](C)NC(C)=O)CCC(=O)NCCCC[C@H](C(=O)NC(C)C(=O)O)NC(=O)C(C)NC(=O)[C@H](CCCNC(=N)N)NC(=O)C(C)NC(=O)[C@H](C)NC(=O)C(CC(C)C)NC(=O)[C@H](Cc2c[nH]c3ccccc23)NC(=O)[C@H](CCC(N)=O)NC(=O)[C@H](CCCNC(=N)N)NC(=O)[C@H](CC(C)C)NC(=O)C([C@@H](C)O)NC(=O)[C@@H]2CCCN2C(=O)CNC(=O)[C@H](CCC(=O)O)NC1=O. The molecule has 0 aliphatic carbocycles. The quantitative estimate of drug-likeness (QED) is 0.0204. The maximum Gasteiger partial charge on any atom is 0.325 e. The number of aliphatic hydroxyl groups is 1. The number of benzene rings is 1. The molecule has 54 nitrogen and oxygen atoms in total. The predicted octanol–water partition coefficient (Wildman–Crippen LogP) is -7.46. The number of aromatic amines is 1. The van der Waals surface area contributed by atoms with Crippen LogP contribution in [0, 0.1) is 28.6 Å². The number of primary amides is 1. The van der Waals surface area contributed by atoms with Crippen molar-refractivity contribution in [3.63, 3.8) is 0 Å². The molecule has 0 radical (unpaired) electrons.